The Morgan fingerprint density at radius 3 is 2.63 bits per heavy atom. The maximum Gasteiger partial charge on any atom is 0.243 e. The summed E-state index contributed by atoms with van der Waals surface area (Å²) in [4.78, 5) is 1.40. The molecule has 1 aromatic rings. The zero-order chi connectivity index (χ0) is 14.6. The second-order valence-electron chi connectivity index (χ2n) is 4.36. The smallest absolute Gasteiger partial charge is 0.243 e. The van der Waals surface area contributed by atoms with Gasteiger partial charge in [0.05, 0.1) is 5.69 Å². The fourth-order valence-electron chi connectivity index (χ4n) is 1.46. The van der Waals surface area contributed by atoms with Crippen LogP contribution in [0.25, 0.3) is 0 Å². The summed E-state index contributed by atoms with van der Waals surface area (Å²) in [6.07, 6.45) is 0.615. The zero-order valence-electron chi connectivity index (χ0n) is 10.8. The predicted molar refractivity (Wildman–Crippen MR) is 74.2 cm³/mol. The Morgan fingerprint density at radius 1 is 1.42 bits per heavy atom. The highest BCUT2D eigenvalue weighted by Gasteiger charge is 2.21. The number of sulfonamides is 1. The molecule has 0 heterocycles. The van der Waals surface area contributed by atoms with Gasteiger partial charge >= 0.3 is 0 Å². The average Bonchev–Trinajstić information content (AvgIpc) is 2.29. The average molecular weight is 310 g/mol. The van der Waals surface area contributed by atoms with E-state index in [0.29, 0.717) is 6.42 Å². The Labute approximate surface area is 117 Å². The van der Waals surface area contributed by atoms with Gasteiger partial charge in [0.2, 0.25) is 10.0 Å². The molecule has 3 N–H and O–H groups in total. The van der Waals surface area contributed by atoms with E-state index in [9.17, 15) is 12.8 Å². The van der Waals surface area contributed by atoms with Crippen molar-refractivity contribution < 1.29 is 12.8 Å². The van der Waals surface area contributed by atoms with Gasteiger partial charge < -0.3 is 10.6 Å². The van der Waals surface area contributed by atoms with Crippen molar-refractivity contribution in [3.63, 3.8) is 0 Å². The van der Waals surface area contributed by atoms with Gasteiger partial charge in [0, 0.05) is 11.6 Å². The van der Waals surface area contributed by atoms with Crippen molar-refractivity contribution in [2.45, 2.75) is 11.3 Å². The lowest BCUT2D eigenvalue weighted by Crippen LogP contribution is -2.28. The van der Waals surface area contributed by atoms with Crippen LogP contribution in [-0.2, 0) is 10.0 Å². The van der Waals surface area contributed by atoms with E-state index in [1.165, 1.54) is 6.07 Å². The first-order valence-electron chi connectivity index (χ1n) is 5.63. The van der Waals surface area contributed by atoms with Crippen LogP contribution in [0.1, 0.15) is 6.42 Å². The van der Waals surface area contributed by atoms with Crippen molar-refractivity contribution in [3.8, 4) is 0 Å². The first-order chi connectivity index (χ1) is 8.74. The number of rotatable bonds is 6. The molecule has 1 rings (SSSR count). The highest BCUT2D eigenvalue weighted by Crippen LogP contribution is 2.24. The summed E-state index contributed by atoms with van der Waals surface area (Å²) in [6, 6.07) is 2.21. The Morgan fingerprint density at radius 2 is 2.05 bits per heavy atom. The van der Waals surface area contributed by atoms with Crippen molar-refractivity contribution in [2.24, 2.45) is 0 Å². The van der Waals surface area contributed by atoms with Gasteiger partial charge in [-0.25, -0.2) is 17.5 Å². The van der Waals surface area contributed by atoms with Crippen LogP contribution >= 0.6 is 11.6 Å². The lowest BCUT2D eigenvalue weighted by Gasteiger charge is -2.11. The summed E-state index contributed by atoms with van der Waals surface area (Å²) in [6.45, 7) is 0.940. The number of nitrogens with two attached hydrogens (primary N) is 1. The van der Waals surface area contributed by atoms with E-state index in [0.717, 1.165) is 12.6 Å². The van der Waals surface area contributed by atoms with Crippen LogP contribution < -0.4 is 10.5 Å². The second kappa shape index (κ2) is 6.51. The van der Waals surface area contributed by atoms with Crippen molar-refractivity contribution in [3.05, 3.63) is 23.0 Å². The molecule has 0 aliphatic carbocycles. The van der Waals surface area contributed by atoms with Crippen LogP contribution in [0.3, 0.4) is 0 Å². The van der Waals surface area contributed by atoms with Crippen molar-refractivity contribution in [1.82, 2.24) is 9.62 Å². The molecule has 0 radical (unpaired) electrons. The third-order valence-corrected chi connectivity index (χ3v) is 4.07. The van der Waals surface area contributed by atoms with Crippen molar-refractivity contribution in [2.75, 3.05) is 32.9 Å². The third-order valence-electron chi connectivity index (χ3n) is 2.40. The van der Waals surface area contributed by atoms with Gasteiger partial charge in [-0.15, -0.1) is 0 Å². The monoisotopic (exact) mass is 309 g/mol. The molecule has 0 bridgehead atoms. The van der Waals surface area contributed by atoms with Crippen LogP contribution in [-0.4, -0.2) is 40.5 Å². The number of hydrogen-bond acceptors (Lipinski definition) is 4. The molecule has 5 nitrogen and oxygen atoms in total. The molecule has 108 valence electrons. The molecule has 0 saturated carbocycles. The second-order valence-corrected chi connectivity index (χ2v) is 6.53. The van der Waals surface area contributed by atoms with Gasteiger partial charge in [0.15, 0.2) is 5.82 Å². The lowest BCUT2D eigenvalue weighted by molar-refractivity contribution is 0.400. The molecule has 0 unspecified atom stereocenters. The molecule has 0 aliphatic heterocycles. The Bertz CT molecular complexity index is 549. The fourth-order valence-corrected chi connectivity index (χ4v) is 2.96. The van der Waals surface area contributed by atoms with Gasteiger partial charge in [0.25, 0.3) is 0 Å². The standard InChI is InChI=1S/C11H17ClFN3O2S/c1-16(2)5-3-4-15-19(17,18)10-7-8(12)6-9(14)11(10)13/h6-7,15H,3-5,14H2,1-2H3. The van der Waals surface area contributed by atoms with Crippen molar-refractivity contribution >= 4 is 27.3 Å². The molecule has 0 aliphatic rings. The van der Waals surface area contributed by atoms with Gasteiger partial charge in [-0.2, -0.15) is 0 Å². The summed E-state index contributed by atoms with van der Waals surface area (Å²) >= 11 is 5.69. The molecule has 0 saturated heterocycles. The van der Waals surface area contributed by atoms with E-state index >= 15 is 0 Å². The van der Waals surface area contributed by atoms with E-state index in [4.69, 9.17) is 17.3 Å². The van der Waals surface area contributed by atoms with Crippen LogP contribution in [0.15, 0.2) is 17.0 Å². The molecule has 0 fully saturated rings. The van der Waals surface area contributed by atoms with Gasteiger partial charge in [-0.3, -0.25) is 0 Å². The summed E-state index contributed by atoms with van der Waals surface area (Å²) in [5.74, 6) is -0.982. The topological polar surface area (TPSA) is 75.4 Å². The summed E-state index contributed by atoms with van der Waals surface area (Å²) in [7, 11) is -0.180. The Kier molecular flexibility index (Phi) is 5.54. The van der Waals surface area contributed by atoms with Crippen LogP contribution in [0.5, 0.6) is 0 Å². The lowest BCUT2D eigenvalue weighted by atomic mass is 10.3. The minimum atomic E-state index is -3.94. The number of anilines is 1. The normalized spacial score (nSPS) is 12.1. The number of nitrogen functional groups attached to an aromatic ring is 1. The quantitative estimate of drug-likeness (QED) is 0.613. The molecular weight excluding hydrogens is 293 g/mol. The molecule has 0 atom stereocenters. The first-order valence-corrected chi connectivity index (χ1v) is 7.49. The minimum Gasteiger partial charge on any atom is -0.396 e. The van der Waals surface area contributed by atoms with Gasteiger partial charge in [0.1, 0.15) is 4.90 Å². The van der Waals surface area contributed by atoms with Gasteiger partial charge in [-0.05, 0) is 39.2 Å². The zero-order valence-corrected chi connectivity index (χ0v) is 12.4. The molecule has 0 aromatic heterocycles. The molecular formula is C11H17ClFN3O2S. The Balaban J connectivity index is 2.83. The molecule has 0 amide bonds. The van der Waals surface area contributed by atoms with E-state index in [2.05, 4.69) is 4.72 Å². The number of nitrogens with one attached hydrogen (secondary N) is 1. The largest absolute Gasteiger partial charge is 0.396 e. The van der Waals surface area contributed by atoms with E-state index in [1.807, 2.05) is 19.0 Å². The van der Waals surface area contributed by atoms with E-state index < -0.39 is 20.7 Å². The molecule has 19 heavy (non-hydrogen) atoms. The maximum absolute atomic E-state index is 13.7. The van der Waals surface area contributed by atoms with E-state index in [-0.39, 0.29) is 17.3 Å². The summed E-state index contributed by atoms with van der Waals surface area (Å²) in [5.41, 5.74) is 5.06. The third kappa shape index (κ3) is 4.61. The van der Waals surface area contributed by atoms with Crippen LogP contribution in [0, 0.1) is 5.82 Å². The maximum atomic E-state index is 13.7. The molecule has 0 spiro atoms. The number of benzene rings is 1. The molecule has 8 heteroatoms. The fraction of sp³-hybridized carbons (Fsp3) is 0.455. The first kappa shape index (κ1) is 16.2. The summed E-state index contributed by atoms with van der Waals surface area (Å²) in [5, 5.41) is 0.0765. The number of halogens is 2. The SMILES string of the molecule is CN(C)CCCNS(=O)(=O)c1cc(Cl)cc(N)c1F. The van der Waals surface area contributed by atoms with Crippen LogP contribution in [0.2, 0.25) is 5.02 Å². The van der Waals surface area contributed by atoms with Crippen molar-refractivity contribution in [1.29, 1.82) is 0 Å². The van der Waals surface area contributed by atoms with Gasteiger partial charge in [-0.1, -0.05) is 11.6 Å². The predicted octanol–water partition coefficient (Wildman–Crippen LogP) is 1.29. The minimum absolute atomic E-state index is 0.0765. The highest BCUT2D eigenvalue weighted by atomic mass is 35.5. The van der Waals surface area contributed by atoms with E-state index in [1.54, 1.807) is 0 Å². The summed E-state index contributed by atoms with van der Waals surface area (Å²) < 4.78 is 39.9. The Hall–Kier alpha value is -0.890. The number of nitrogens with zero attached hydrogens (tertiary/aromatic N) is 1. The number of hydrogen-bond donors (Lipinski definition) is 2. The highest BCUT2D eigenvalue weighted by molar-refractivity contribution is 7.89. The molecule has 1 aromatic carbocycles. The van der Waals surface area contributed by atoms with Crippen LogP contribution in [0.4, 0.5) is 10.1 Å².